The predicted octanol–water partition coefficient (Wildman–Crippen LogP) is 0.0865. The fourth-order valence-electron chi connectivity index (χ4n) is 4.63. The Morgan fingerprint density at radius 3 is 2.97 bits per heavy atom. The van der Waals surface area contributed by atoms with Gasteiger partial charge in [-0.1, -0.05) is 0 Å². The van der Waals surface area contributed by atoms with E-state index < -0.39 is 5.54 Å². The van der Waals surface area contributed by atoms with Crippen molar-refractivity contribution < 1.29 is 14.6 Å². The van der Waals surface area contributed by atoms with Crippen molar-refractivity contribution in [1.82, 2.24) is 20.3 Å². The SMILES string of the molecule is Cc1cnc(Nc2ccc(OCCO)nc2)nc1N1C[C@H]2[C@@H](N)[C@@]2(NC(=O)[C@H]2C[C@@H]2C#N)C1. The molecule has 172 valence electrons. The summed E-state index contributed by atoms with van der Waals surface area (Å²) in [6.45, 7) is 3.33. The smallest absolute Gasteiger partial charge is 0.229 e. The summed E-state index contributed by atoms with van der Waals surface area (Å²) >= 11 is 0. The molecule has 2 aromatic rings. The number of carbonyl (C=O) groups excluding carboxylic acids is 1. The van der Waals surface area contributed by atoms with Gasteiger partial charge in [0.25, 0.3) is 0 Å². The van der Waals surface area contributed by atoms with Gasteiger partial charge in [0.15, 0.2) is 0 Å². The summed E-state index contributed by atoms with van der Waals surface area (Å²) < 4.78 is 5.27. The Kier molecular flexibility index (Phi) is 5.26. The highest BCUT2D eigenvalue weighted by atomic mass is 16.5. The van der Waals surface area contributed by atoms with Crippen molar-refractivity contribution in [3.63, 3.8) is 0 Å². The lowest BCUT2D eigenvalue weighted by molar-refractivity contribution is -0.123. The third-order valence-corrected chi connectivity index (χ3v) is 6.68. The van der Waals surface area contributed by atoms with Gasteiger partial charge in [0.2, 0.25) is 17.7 Å². The van der Waals surface area contributed by atoms with Gasteiger partial charge in [-0.2, -0.15) is 10.2 Å². The molecule has 5 atom stereocenters. The number of pyridine rings is 1. The van der Waals surface area contributed by atoms with Crippen LogP contribution in [-0.2, 0) is 4.79 Å². The van der Waals surface area contributed by atoms with Crippen LogP contribution in [0.3, 0.4) is 0 Å². The summed E-state index contributed by atoms with van der Waals surface area (Å²) in [6.07, 6.45) is 4.00. The summed E-state index contributed by atoms with van der Waals surface area (Å²) in [5.41, 5.74) is 7.48. The van der Waals surface area contributed by atoms with E-state index in [9.17, 15) is 4.79 Å². The average molecular weight is 451 g/mol. The van der Waals surface area contributed by atoms with Gasteiger partial charge in [-0.05, 0) is 19.4 Å². The molecule has 1 amide bonds. The van der Waals surface area contributed by atoms with Gasteiger partial charge in [0, 0.05) is 42.9 Å². The Hall–Kier alpha value is -3.49. The number of rotatable bonds is 8. The molecule has 5 rings (SSSR count). The number of nitrogens with two attached hydrogens (primary N) is 1. The lowest BCUT2D eigenvalue weighted by Crippen LogP contribution is -2.48. The maximum Gasteiger partial charge on any atom is 0.229 e. The summed E-state index contributed by atoms with van der Waals surface area (Å²) in [5, 5.41) is 24.1. The van der Waals surface area contributed by atoms with Crippen LogP contribution in [0, 0.1) is 36.0 Å². The van der Waals surface area contributed by atoms with Gasteiger partial charge in [-0.15, -0.1) is 0 Å². The van der Waals surface area contributed by atoms with E-state index in [2.05, 4.69) is 31.6 Å². The van der Waals surface area contributed by atoms with Crippen LogP contribution in [0.5, 0.6) is 5.88 Å². The maximum absolute atomic E-state index is 12.6. The van der Waals surface area contributed by atoms with Crippen LogP contribution >= 0.6 is 0 Å². The number of fused-ring (bicyclic) bond motifs is 1. The number of nitrogens with one attached hydrogen (secondary N) is 2. The Morgan fingerprint density at radius 2 is 2.27 bits per heavy atom. The highest BCUT2D eigenvalue weighted by Crippen LogP contribution is 2.50. The molecule has 11 nitrogen and oxygen atoms in total. The number of hydrogen-bond donors (Lipinski definition) is 4. The summed E-state index contributed by atoms with van der Waals surface area (Å²) in [7, 11) is 0. The van der Waals surface area contributed by atoms with Crippen molar-refractivity contribution in [2.24, 2.45) is 23.5 Å². The van der Waals surface area contributed by atoms with Crippen LogP contribution in [0.1, 0.15) is 12.0 Å². The molecular weight excluding hydrogens is 424 g/mol. The molecule has 33 heavy (non-hydrogen) atoms. The minimum Gasteiger partial charge on any atom is -0.475 e. The van der Waals surface area contributed by atoms with Crippen LogP contribution in [0.25, 0.3) is 0 Å². The number of nitriles is 1. The molecule has 3 aliphatic rings. The standard InChI is InChI=1S/C22H26N8O3/c1-12-8-26-21(27-14-2-3-17(25-9-14)33-5-4-31)28-19(12)30-10-16-18(24)22(16,11-30)29-20(32)15-6-13(15)7-23/h2-3,8-9,13,15-16,18,31H,4-6,10-11,24H2,1H3,(H,29,32)(H,26,27,28)/t13-,15+,16+,18-,22-/m1/s1. The lowest BCUT2D eigenvalue weighted by atomic mass is 10.2. The molecule has 2 aliphatic carbocycles. The van der Waals surface area contributed by atoms with Crippen LogP contribution in [0.15, 0.2) is 24.5 Å². The molecule has 0 unspecified atom stereocenters. The number of aromatic nitrogens is 3. The second-order valence-corrected chi connectivity index (χ2v) is 8.90. The molecule has 1 saturated heterocycles. The number of anilines is 3. The first-order valence-corrected chi connectivity index (χ1v) is 11.0. The first-order chi connectivity index (χ1) is 15.9. The van der Waals surface area contributed by atoms with E-state index in [-0.39, 0.29) is 42.9 Å². The molecule has 0 radical (unpaired) electrons. The second kappa shape index (κ2) is 8.13. The lowest BCUT2D eigenvalue weighted by Gasteiger charge is -2.26. The Labute approximate surface area is 191 Å². The Balaban J connectivity index is 1.26. The van der Waals surface area contributed by atoms with Gasteiger partial charge in [0.05, 0.1) is 41.9 Å². The van der Waals surface area contributed by atoms with E-state index >= 15 is 0 Å². The number of aliphatic hydroxyl groups excluding tert-OH is 1. The van der Waals surface area contributed by atoms with Crippen molar-refractivity contribution in [3.05, 3.63) is 30.1 Å². The molecule has 2 saturated carbocycles. The molecule has 3 fully saturated rings. The molecule has 5 N–H and O–H groups in total. The maximum atomic E-state index is 12.6. The molecule has 1 aliphatic heterocycles. The van der Waals surface area contributed by atoms with Gasteiger partial charge >= 0.3 is 0 Å². The van der Waals surface area contributed by atoms with E-state index in [1.807, 2.05) is 6.92 Å². The van der Waals surface area contributed by atoms with Crippen molar-refractivity contribution in [2.45, 2.75) is 24.9 Å². The molecular formula is C22H26N8O3. The van der Waals surface area contributed by atoms with Crippen LogP contribution in [0.4, 0.5) is 17.5 Å². The number of amides is 1. The molecule has 2 aromatic heterocycles. The summed E-state index contributed by atoms with van der Waals surface area (Å²) in [4.78, 5) is 27.9. The molecule has 0 bridgehead atoms. The highest BCUT2D eigenvalue weighted by molar-refractivity contribution is 5.84. The minimum absolute atomic E-state index is 0.0676. The fraction of sp³-hybridized carbons (Fsp3) is 0.500. The van der Waals surface area contributed by atoms with E-state index in [1.165, 1.54) is 0 Å². The number of carbonyl (C=O) groups is 1. The highest BCUT2D eigenvalue weighted by Gasteiger charge is 2.69. The zero-order valence-corrected chi connectivity index (χ0v) is 18.2. The predicted molar refractivity (Wildman–Crippen MR) is 119 cm³/mol. The third-order valence-electron chi connectivity index (χ3n) is 6.68. The first-order valence-electron chi connectivity index (χ1n) is 11.0. The minimum atomic E-state index is -0.459. The fourth-order valence-corrected chi connectivity index (χ4v) is 4.63. The van der Waals surface area contributed by atoms with Crippen molar-refractivity contribution in [1.29, 1.82) is 5.26 Å². The topological polar surface area (TPSA) is 162 Å². The normalized spacial score (nSPS) is 29.1. The molecule has 3 heterocycles. The number of nitrogens with zero attached hydrogens (tertiary/aromatic N) is 5. The van der Waals surface area contributed by atoms with Crippen LogP contribution in [0.2, 0.25) is 0 Å². The van der Waals surface area contributed by atoms with Crippen molar-refractivity contribution in [3.8, 4) is 11.9 Å². The average Bonchev–Trinajstić information content (AvgIpc) is 3.67. The molecule has 0 spiro atoms. The number of aliphatic hydroxyl groups is 1. The zero-order valence-electron chi connectivity index (χ0n) is 18.2. The quantitative estimate of drug-likeness (QED) is 0.433. The van der Waals surface area contributed by atoms with Gasteiger partial charge in [-0.25, -0.2) is 9.97 Å². The number of ether oxygens (including phenoxy) is 1. The van der Waals surface area contributed by atoms with Crippen LogP contribution < -0.4 is 26.0 Å². The van der Waals surface area contributed by atoms with Gasteiger partial charge < -0.3 is 31.1 Å². The van der Waals surface area contributed by atoms with Gasteiger partial charge in [0.1, 0.15) is 12.4 Å². The third kappa shape index (κ3) is 3.92. The van der Waals surface area contributed by atoms with E-state index in [4.69, 9.17) is 25.8 Å². The van der Waals surface area contributed by atoms with Crippen molar-refractivity contribution >= 4 is 23.4 Å². The van der Waals surface area contributed by atoms with E-state index in [0.717, 1.165) is 11.4 Å². The van der Waals surface area contributed by atoms with E-state index in [1.54, 1.807) is 24.5 Å². The van der Waals surface area contributed by atoms with Crippen LogP contribution in [-0.4, -0.2) is 63.8 Å². The summed E-state index contributed by atoms with van der Waals surface area (Å²) in [5.74, 6) is 1.35. The molecule has 0 aromatic carbocycles. The zero-order chi connectivity index (χ0) is 23.2. The largest absolute Gasteiger partial charge is 0.475 e. The number of hydrogen-bond acceptors (Lipinski definition) is 10. The van der Waals surface area contributed by atoms with Crippen molar-refractivity contribution in [2.75, 3.05) is 36.5 Å². The monoisotopic (exact) mass is 450 g/mol. The Morgan fingerprint density at radius 1 is 1.42 bits per heavy atom. The molecule has 11 heteroatoms. The Bertz CT molecular complexity index is 1100. The number of aryl methyl sites for hydroxylation is 1. The first kappa shape index (κ1) is 21.4. The summed E-state index contributed by atoms with van der Waals surface area (Å²) in [6, 6.07) is 5.57. The van der Waals surface area contributed by atoms with E-state index in [0.29, 0.717) is 37.0 Å². The number of piperidine rings is 1. The second-order valence-electron chi connectivity index (χ2n) is 8.90. The van der Waals surface area contributed by atoms with Gasteiger partial charge in [-0.3, -0.25) is 4.79 Å².